The number of hydrogen-bond donors (Lipinski definition) is 1. The minimum atomic E-state index is -0.181. The van der Waals surface area contributed by atoms with Gasteiger partial charge in [-0.3, -0.25) is 9.69 Å². The molecule has 1 aromatic heterocycles. The van der Waals surface area contributed by atoms with E-state index in [0.29, 0.717) is 17.1 Å². The summed E-state index contributed by atoms with van der Waals surface area (Å²) >= 11 is 6.17. The molecular weight excluding hydrogens is 414 g/mol. The molecular formula is C24H26ClN3O3. The van der Waals surface area contributed by atoms with Crippen molar-refractivity contribution in [1.29, 1.82) is 0 Å². The molecule has 1 N–H and O–H groups in total. The smallest absolute Gasteiger partial charge is 0.252 e. The van der Waals surface area contributed by atoms with Crippen molar-refractivity contribution in [1.82, 2.24) is 10.2 Å². The number of anilines is 1. The molecule has 1 atom stereocenters. The lowest BCUT2D eigenvalue weighted by molar-refractivity contribution is 0.0923. The summed E-state index contributed by atoms with van der Waals surface area (Å²) in [6, 6.07) is 19.0. The number of hydrogen-bond acceptors (Lipinski definition) is 5. The fourth-order valence-corrected chi connectivity index (χ4v) is 4.13. The molecule has 1 saturated heterocycles. The molecule has 1 aliphatic rings. The van der Waals surface area contributed by atoms with Crippen LogP contribution in [0.2, 0.25) is 5.02 Å². The van der Waals surface area contributed by atoms with Gasteiger partial charge in [-0.25, -0.2) is 0 Å². The van der Waals surface area contributed by atoms with Gasteiger partial charge in [-0.1, -0.05) is 23.7 Å². The summed E-state index contributed by atoms with van der Waals surface area (Å²) in [7, 11) is 1.67. The highest BCUT2D eigenvalue weighted by Gasteiger charge is 2.27. The monoisotopic (exact) mass is 439 g/mol. The largest absolute Gasteiger partial charge is 0.497 e. The summed E-state index contributed by atoms with van der Waals surface area (Å²) < 4.78 is 11.0. The third-order valence-electron chi connectivity index (χ3n) is 5.64. The van der Waals surface area contributed by atoms with E-state index in [-0.39, 0.29) is 11.9 Å². The summed E-state index contributed by atoms with van der Waals surface area (Å²) in [5.41, 5.74) is 1.66. The second-order valence-electron chi connectivity index (χ2n) is 7.44. The van der Waals surface area contributed by atoms with Crippen LogP contribution in [0.5, 0.6) is 5.75 Å². The number of nitrogens with zero attached hydrogens (tertiary/aromatic N) is 2. The van der Waals surface area contributed by atoms with Crippen molar-refractivity contribution in [2.45, 2.75) is 6.04 Å². The number of carbonyl (C=O) groups excluding carboxylic acids is 1. The predicted molar refractivity (Wildman–Crippen MR) is 122 cm³/mol. The second-order valence-corrected chi connectivity index (χ2v) is 7.85. The van der Waals surface area contributed by atoms with Crippen molar-refractivity contribution < 1.29 is 13.9 Å². The maximum atomic E-state index is 12.6. The Morgan fingerprint density at radius 2 is 1.81 bits per heavy atom. The lowest BCUT2D eigenvalue weighted by atomic mass is 10.1. The highest BCUT2D eigenvalue weighted by molar-refractivity contribution is 6.33. The number of benzene rings is 2. The van der Waals surface area contributed by atoms with Crippen molar-refractivity contribution >= 4 is 23.2 Å². The van der Waals surface area contributed by atoms with Crippen molar-refractivity contribution in [2.75, 3.05) is 44.7 Å². The van der Waals surface area contributed by atoms with Crippen molar-refractivity contribution in [3.05, 3.63) is 83.3 Å². The fourth-order valence-electron chi connectivity index (χ4n) is 3.91. The van der Waals surface area contributed by atoms with Crippen LogP contribution in [0, 0.1) is 0 Å². The van der Waals surface area contributed by atoms with E-state index >= 15 is 0 Å². The Bertz CT molecular complexity index is 984. The number of furan rings is 1. The number of carbonyl (C=O) groups is 1. The molecule has 162 valence electrons. The maximum absolute atomic E-state index is 12.6. The molecule has 0 radical (unpaired) electrons. The van der Waals surface area contributed by atoms with E-state index in [2.05, 4.69) is 27.2 Å². The summed E-state index contributed by atoms with van der Waals surface area (Å²) in [5, 5.41) is 3.48. The first kappa shape index (κ1) is 21.3. The molecule has 1 unspecified atom stereocenters. The van der Waals surface area contributed by atoms with Gasteiger partial charge in [0.15, 0.2) is 0 Å². The highest BCUT2D eigenvalue weighted by Crippen LogP contribution is 2.26. The molecule has 1 amide bonds. The quantitative estimate of drug-likeness (QED) is 0.596. The van der Waals surface area contributed by atoms with Gasteiger partial charge in [-0.2, -0.15) is 0 Å². The highest BCUT2D eigenvalue weighted by atomic mass is 35.5. The van der Waals surface area contributed by atoms with E-state index in [1.165, 1.54) is 5.69 Å². The Morgan fingerprint density at radius 3 is 2.45 bits per heavy atom. The van der Waals surface area contributed by atoms with Gasteiger partial charge in [0.05, 0.1) is 30.0 Å². The predicted octanol–water partition coefficient (Wildman–Crippen LogP) is 4.23. The first-order valence-corrected chi connectivity index (χ1v) is 10.7. The number of methoxy groups -OCH3 is 1. The van der Waals surface area contributed by atoms with E-state index < -0.39 is 0 Å². The molecule has 0 aliphatic carbocycles. The number of rotatable bonds is 7. The lowest BCUT2D eigenvalue weighted by Crippen LogP contribution is -2.49. The first-order chi connectivity index (χ1) is 15.2. The van der Waals surface area contributed by atoms with Gasteiger partial charge in [0.25, 0.3) is 5.91 Å². The Labute approximate surface area is 187 Å². The van der Waals surface area contributed by atoms with Crippen LogP contribution in [0.25, 0.3) is 0 Å². The standard InChI is InChI=1S/C24H26ClN3O3/c1-30-19-10-8-18(9-11-19)27-12-14-28(15-13-27)22(23-7-4-16-31-23)17-26-24(29)20-5-2-3-6-21(20)25/h2-11,16,22H,12-15,17H2,1H3,(H,26,29). The van der Waals surface area contributed by atoms with Crippen LogP contribution in [0.4, 0.5) is 5.69 Å². The molecule has 2 aromatic carbocycles. The number of nitrogens with one attached hydrogen (secondary N) is 1. The van der Waals surface area contributed by atoms with Crippen LogP contribution in [0.3, 0.4) is 0 Å². The number of piperazine rings is 1. The normalized spacial score (nSPS) is 15.5. The van der Waals surface area contributed by atoms with Gasteiger partial charge >= 0.3 is 0 Å². The van der Waals surface area contributed by atoms with Gasteiger partial charge in [0.1, 0.15) is 11.5 Å². The maximum Gasteiger partial charge on any atom is 0.252 e. The van der Waals surface area contributed by atoms with E-state index in [1.807, 2.05) is 36.4 Å². The van der Waals surface area contributed by atoms with Crippen molar-refractivity contribution in [3.8, 4) is 5.75 Å². The molecule has 4 rings (SSSR count). The van der Waals surface area contributed by atoms with Gasteiger partial charge < -0.3 is 19.4 Å². The zero-order valence-corrected chi connectivity index (χ0v) is 18.2. The molecule has 0 bridgehead atoms. The molecule has 7 heteroatoms. The van der Waals surface area contributed by atoms with Gasteiger partial charge in [-0.05, 0) is 48.5 Å². The summed E-state index contributed by atoms with van der Waals surface area (Å²) in [5.74, 6) is 1.52. The third kappa shape index (κ3) is 5.03. The summed E-state index contributed by atoms with van der Waals surface area (Å²) in [6.07, 6.45) is 1.67. The van der Waals surface area contributed by atoms with Crippen molar-refractivity contribution in [2.24, 2.45) is 0 Å². The van der Waals surface area contributed by atoms with Gasteiger partial charge in [-0.15, -0.1) is 0 Å². The van der Waals surface area contributed by atoms with Crippen LogP contribution in [0.1, 0.15) is 22.2 Å². The fraction of sp³-hybridized carbons (Fsp3) is 0.292. The Balaban J connectivity index is 1.40. The van der Waals surface area contributed by atoms with Crippen LogP contribution in [-0.4, -0.2) is 50.6 Å². The van der Waals surface area contributed by atoms with Gasteiger partial charge in [0.2, 0.25) is 0 Å². The molecule has 1 aliphatic heterocycles. The first-order valence-electron chi connectivity index (χ1n) is 10.3. The van der Waals surface area contributed by atoms with E-state index in [0.717, 1.165) is 37.7 Å². The zero-order chi connectivity index (χ0) is 21.6. The molecule has 0 saturated carbocycles. The Morgan fingerprint density at radius 1 is 1.06 bits per heavy atom. The summed E-state index contributed by atoms with van der Waals surface area (Å²) in [6.45, 7) is 3.95. The molecule has 1 fully saturated rings. The number of ether oxygens (including phenoxy) is 1. The molecule has 6 nitrogen and oxygen atoms in total. The van der Waals surface area contributed by atoms with Gasteiger partial charge in [0, 0.05) is 38.4 Å². The average molecular weight is 440 g/mol. The van der Waals surface area contributed by atoms with E-state index in [1.54, 1.807) is 25.5 Å². The van der Waals surface area contributed by atoms with Crippen LogP contribution in [0.15, 0.2) is 71.3 Å². The minimum absolute atomic E-state index is 0.0422. The van der Waals surface area contributed by atoms with Crippen LogP contribution < -0.4 is 15.0 Å². The molecule has 0 spiro atoms. The van der Waals surface area contributed by atoms with Crippen LogP contribution in [-0.2, 0) is 0 Å². The number of amides is 1. The Kier molecular flexibility index (Phi) is 6.79. The van der Waals surface area contributed by atoms with Crippen LogP contribution >= 0.6 is 11.6 Å². The number of halogens is 1. The third-order valence-corrected chi connectivity index (χ3v) is 5.97. The Hall–Kier alpha value is -2.96. The van der Waals surface area contributed by atoms with E-state index in [4.69, 9.17) is 20.8 Å². The molecule has 31 heavy (non-hydrogen) atoms. The second kappa shape index (κ2) is 9.90. The lowest BCUT2D eigenvalue weighted by Gasteiger charge is -2.39. The summed E-state index contributed by atoms with van der Waals surface area (Å²) in [4.78, 5) is 17.4. The average Bonchev–Trinajstić information content (AvgIpc) is 3.34. The van der Waals surface area contributed by atoms with E-state index in [9.17, 15) is 4.79 Å². The minimum Gasteiger partial charge on any atom is -0.497 e. The molecule has 3 aromatic rings. The zero-order valence-electron chi connectivity index (χ0n) is 17.5. The SMILES string of the molecule is COc1ccc(N2CCN(C(CNC(=O)c3ccccc3Cl)c3ccco3)CC2)cc1. The topological polar surface area (TPSA) is 58.0 Å². The van der Waals surface area contributed by atoms with Crippen molar-refractivity contribution in [3.63, 3.8) is 0 Å². The molecule has 2 heterocycles.